The predicted molar refractivity (Wildman–Crippen MR) is 108 cm³/mol. The average Bonchev–Trinajstić information content (AvgIpc) is 3.13. The number of thioether (sulfide) groups is 1. The number of carbonyl (C=O) groups is 1. The molecule has 5 heteroatoms. The molecule has 1 aromatic heterocycles. The van der Waals surface area contributed by atoms with Gasteiger partial charge in [-0.1, -0.05) is 12.1 Å². The minimum Gasteiger partial charge on any atom is -0.338 e. The van der Waals surface area contributed by atoms with E-state index in [2.05, 4.69) is 15.3 Å². The van der Waals surface area contributed by atoms with Gasteiger partial charge in [0.15, 0.2) is 0 Å². The van der Waals surface area contributed by atoms with E-state index in [1.165, 1.54) is 0 Å². The van der Waals surface area contributed by atoms with Crippen molar-refractivity contribution in [3.8, 4) is 11.4 Å². The molecular formula is C21H17N3OS. The van der Waals surface area contributed by atoms with Crippen LogP contribution in [0.3, 0.4) is 0 Å². The highest BCUT2D eigenvalue weighted by atomic mass is 32.2. The molecule has 0 fully saturated rings. The number of hydrogen-bond donors (Lipinski definition) is 2. The number of carbonyl (C=O) groups excluding carboxylic acids is 1. The lowest BCUT2D eigenvalue weighted by Crippen LogP contribution is -2.11. The first-order valence-electron chi connectivity index (χ1n) is 8.23. The van der Waals surface area contributed by atoms with Gasteiger partial charge in [-0.3, -0.25) is 4.79 Å². The van der Waals surface area contributed by atoms with Gasteiger partial charge in [-0.05, 0) is 66.9 Å². The van der Waals surface area contributed by atoms with Crippen molar-refractivity contribution in [1.29, 1.82) is 0 Å². The number of hydrogen-bond acceptors (Lipinski definition) is 3. The van der Waals surface area contributed by atoms with E-state index in [9.17, 15) is 4.79 Å². The van der Waals surface area contributed by atoms with Crippen LogP contribution in [0.4, 0.5) is 5.69 Å². The fraction of sp³-hybridized carbons (Fsp3) is 0.0476. The lowest BCUT2D eigenvalue weighted by atomic mass is 10.1. The van der Waals surface area contributed by atoms with Crippen molar-refractivity contribution >= 4 is 34.4 Å². The van der Waals surface area contributed by atoms with E-state index in [0.29, 0.717) is 5.56 Å². The van der Waals surface area contributed by atoms with Crippen LogP contribution >= 0.6 is 11.8 Å². The number of aromatic amines is 1. The SMILES string of the molecule is CSc1ccc(C(=O)Nc2ccc(-c3nc4ccccc4[nH]3)cc2)cc1. The van der Waals surface area contributed by atoms with Crippen LogP contribution in [-0.4, -0.2) is 22.1 Å². The molecule has 0 aliphatic carbocycles. The maximum absolute atomic E-state index is 12.3. The largest absolute Gasteiger partial charge is 0.338 e. The van der Waals surface area contributed by atoms with E-state index in [1.807, 2.05) is 79.1 Å². The van der Waals surface area contributed by atoms with Crippen LogP contribution in [0.15, 0.2) is 77.7 Å². The van der Waals surface area contributed by atoms with Crippen LogP contribution in [0, 0.1) is 0 Å². The second-order valence-electron chi connectivity index (χ2n) is 5.86. The van der Waals surface area contributed by atoms with Gasteiger partial charge in [0.2, 0.25) is 0 Å². The number of nitrogens with one attached hydrogen (secondary N) is 2. The summed E-state index contributed by atoms with van der Waals surface area (Å²) >= 11 is 1.65. The highest BCUT2D eigenvalue weighted by Gasteiger charge is 2.08. The molecule has 0 spiro atoms. The normalized spacial score (nSPS) is 10.8. The Morgan fingerprint density at radius 3 is 2.38 bits per heavy atom. The van der Waals surface area contributed by atoms with E-state index in [4.69, 9.17) is 0 Å². The first kappa shape index (κ1) is 16.4. The van der Waals surface area contributed by atoms with Gasteiger partial charge in [0, 0.05) is 21.7 Å². The van der Waals surface area contributed by atoms with Crippen molar-refractivity contribution in [3.63, 3.8) is 0 Å². The van der Waals surface area contributed by atoms with Gasteiger partial charge in [-0.15, -0.1) is 11.8 Å². The number of anilines is 1. The van der Waals surface area contributed by atoms with Gasteiger partial charge >= 0.3 is 0 Å². The van der Waals surface area contributed by atoms with Crippen molar-refractivity contribution in [2.75, 3.05) is 11.6 Å². The summed E-state index contributed by atoms with van der Waals surface area (Å²) in [4.78, 5) is 21.4. The Morgan fingerprint density at radius 1 is 0.962 bits per heavy atom. The Morgan fingerprint density at radius 2 is 1.69 bits per heavy atom. The minimum absolute atomic E-state index is 0.117. The van der Waals surface area contributed by atoms with Gasteiger partial charge in [0.25, 0.3) is 5.91 Å². The summed E-state index contributed by atoms with van der Waals surface area (Å²) in [6, 6.07) is 23.2. The quantitative estimate of drug-likeness (QED) is 0.492. The summed E-state index contributed by atoms with van der Waals surface area (Å²) in [7, 11) is 0. The highest BCUT2D eigenvalue weighted by Crippen LogP contribution is 2.22. The second kappa shape index (κ2) is 7.06. The zero-order valence-electron chi connectivity index (χ0n) is 14.2. The molecule has 0 bridgehead atoms. The summed E-state index contributed by atoms with van der Waals surface area (Å²) in [5.74, 6) is 0.700. The molecule has 0 saturated carbocycles. The van der Waals surface area contributed by atoms with E-state index >= 15 is 0 Å². The number of rotatable bonds is 4. The van der Waals surface area contributed by atoms with Crippen LogP contribution in [0.25, 0.3) is 22.4 Å². The van der Waals surface area contributed by atoms with Crippen LogP contribution in [0.5, 0.6) is 0 Å². The molecule has 0 aliphatic heterocycles. The van der Waals surface area contributed by atoms with Crippen LogP contribution in [0.2, 0.25) is 0 Å². The second-order valence-corrected chi connectivity index (χ2v) is 6.74. The molecule has 1 amide bonds. The average molecular weight is 359 g/mol. The van der Waals surface area contributed by atoms with E-state index in [-0.39, 0.29) is 5.91 Å². The molecule has 0 radical (unpaired) electrons. The van der Waals surface area contributed by atoms with E-state index in [0.717, 1.165) is 33.0 Å². The first-order valence-corrected chi connectivity index (χ1v) is 9.46. The van der Waals surface area contributed by atoms with Crippen LogP contribution < -0.4 is 5.32 Å². The Bertz CT molecular complexity index is 1020. The zero-order chi connectivity index (χ0) is 17.9. The number of para-hydroxylation sites is 2. The monoisotopic (exact) mass is 359 g/mol. The van der Waals surface area contributed by atoms with Crippen molar-refractivity contribution < 1.29 is 4.79 Å². The van der Waals surface area contributed by atoms with Gasteiger partial charge in [0.1, 0.15) is 5.82 Å². The molecule has 0 aliphatic rings. The third-order valence-corrected chi connectivity index (χ3v) is 4.90. The standard InChI is InChI=1S/C21H17N3OS/c1-26-17-12-8-15(9-13-17)21(25)22-16-10-6-14(7-11-16)20-23-18-4-2-3-5-19(18)24-20/h2-13H,1H3,(H,22,25)(H,23,24). The predicted octanol–water partition coefficient (Wildman–Crippen LogP) is 5.20. The van der Waals surface area contributed by atoms with E-state index < -0.39 is 0 Å². The smallest absolute Gasteiger partial charge is 0.255 e. The number of nitrogens with zero attached hydrogens (tertiary/aromatic N) is 1. The molecule has 0 saturated heterocycles. The molecule has 1 heterocycles. The first-order chi connectivity index (χ1) is 12.7. The van der Waals surface area contributed by atoms with Gasteiger partial charge in [-0.2, -0.15) is 0 Å². The number of imidazole rings is 1. The van der Waals surface area contributed by atoms with Crippen LogP contribution in [-0.2, 0) is 0 Å². The molecule has 3 aromatic carbocycles. The van der Waals surface area contributed by atoms with E-state index in [1.54, 1.807) is 11.8 Å². The van der Waals surface area contributed by atoms with Crippen molar-refractivity contribution in [1.82, 2.24) is 9.97 Å². The Kier molecular flexibility index (Phi) is 4.46. The Labute approximate surface area is 155 Å². The highest BCUT2D eigenvalue weighted by molar-refractivity contribution is 7.98. The molecule has 4 rings (SSSR count). The molecule has 4 aromatic rings. The number of aromatic nitrogens is 2. The van der Waals surface area contributed by atoms with Gasteiger partial charge in [-0.25, -0.2) is 4.98 Å². The Balaban J connectivity index is 1.50. The molecule has 4 nitrogen and oxygen atoms in total. The van der Waals surface area contributed by atoms with Crippen molar-refractivity contribution in [2.45, 2.75) is 4.90 Å². The fourth-order valence-corrected chi connectivity index (χ4v) is 3.15. The number of fused-ring (bicyclic) bond motifs is 1. The number of amides is 1. The maximum Gasteiger partial charge on any atom is 0.255 e. The summed E-state index contributed by atoms with van der Waals surface area (Å²) in [6.07, 6.45) is 2.01. The van der Waals surface area contributed by atoms with Crippen LogP contribution in [0.1, 0.15) is 10.4 Å². The lowest BCUT2D eigenvalue weighted by Gasteiger charge is -2.06. The summed E-state index contributed by atoms with van der Waals surface area (Å²) in [5, 5.41) is 2.92. The molecule has 0 atom stereocenters. The molecule has 0 unspecified atom stereocenters. The lowest BCUT2D eigenvalue weighted by molar-refractivity contribution is 0.102. The minimum atomic E-state index is -0.117. The zero-order valence-corrected chi connectivity index (χ0v) is 15.0. The fourth-order valence-electron chi connectivity index (χ4n) is 2.75. The molecule has 128 valence electrons. The number of benzene rings is 3. The third-order valence-electron chi connectivity index (χ3n) is 4.16. The maximum atomic E-state index is 12.3. The topological polar surface area (TPSA) is 57.8 Å². The third kappa shape index (κ3) is 3.34. The summed E-state index contributed by atoms with van der Waals surface area (Å²) in [5.41, 5.74) is 4.32. The number of H-pyrrole nitrogens is 1. The molecule has 2 N–H and O–H groups in total. The van der Waals surface area contributed by atoms with Gasteiger partial charge in [0.05, 0.1) is 11.0 Å². The molecular weight excluding hydrogens is 342 g/mol. The van der Waals surface area contributed by atoms with Gasteiger partial charge < -0.3 is 10.3 Å². The van der Waals surface area contributed by atoms with Crippen molar-refractivity contribution in [3.05, 3.63) is 78.4 Å². The summed E-state index contributed by atoms with van der Waals surface area (Å²) < 4.78 is 0. The Hall–Kier alpha value is -3.05. The van der Waals surface area contributed by atoms with Crippen molar-refractivity contribution in [2.24, 2.45) is 0 Å². The summed E-state index contributed by atoms with van der Waals surface area (Å²) in [6.45, 7) is 0. The molecule has 26 heavy (non-hydrogen) atoms.